The van der Waals surface area contributed by atoms with E-state index in [4.69, 9.17) is 5.73 Å². The second-order valence-corrected chi connectivity index (χ2v) is 12.7. The summed E-state index contributed by atoms with van der Waals surface area (Å²) in [6, 6.07) is 17.8. The molecule has 0 saturated carbocycles. The van der Waals surface area contributed by atoms with Gasteiger partial charge in [-0.05, 0) is 42.0 Å². The lowest BCUT2D eigenvalue weighted by Gasteiger charge is -2.13. The quantitative estimate of drug-likeness (QED) is 0.171. The van der Waals surface area contributed by atoms with Gasteiger partial charge in [0.05, 0.1) is 17.6 Å². The fourth-order valence-corrected chi connectivity index (χ4v) is 7.29. The van der Waals surface area contributed by atoms with E-state index in [0.29, 0.717) is 31.7 Å². The van der Waals surface area contributed by atoms with Crippen molar-refractivity contribution in [3.8, 4) is 21.7 Å². The molecule has 2 aromatic carbocycles. The molecule has 0 aliphatic carbocycles. The first-order valence-electron chi connectivity index (χ1n) is 13.8. The van der Waals surface area contributed by atoms with Crippen LogP contribution in [-0.4, -0.2) is 31.4 Å². The Hall–Kier alpha value is -5.28. The van der Waals surface area contributed by atoms with Crippen LogP contribution in [0.1, 0.15) is 42.7 Å². The minimum absolute atomic E-state index is 0.0172. The molecule has 0 aliphatic rings. The van der Waals surface area contributed by atoms with E-state index in [2.05, 4.69) is 20.4 Å². The molecular formula is C32H19F5N6O2S2. The minimum atomic E-state index is -4.87. The molecule has 47 heavy (non-hydrogen) atoms. The van der Waals surface area contributed by atoms with Crippen molar-refractivity contribution in [1.29, 1.82) is 0 Å². The summed E-state index contributed by atoms with van der Waals surface area (Å²) in [4.78, 5) is 36.2. The number of aryl methyl sites for hydroxylation is 1. The predicted molar refractivity (Wildman–Crippen MR) is 170 cm³/mol. The van der Waals surface area contributed by atoms with E-state index in [1.807, 2.05) is 19.1 Å². The number of nitrogens with zero attached hydrogens (tertiary/aromatic N) is 4. The van der Waals surface area contributed by atoms with Crippen LogP contribution in [0.15, 0.2) is 72.9 Å². The maximum absolute atomic E-state index is 14.4. The van der Waals surface area contributed by atoms with E-state index in [-0.39, 0.29) is 37.6 Å². The molecule has 0 saturated heterocycles. The molecular weight excluding hydrogens is 660 g/mol. The number of amides is 2. The average molecular weight is 679 g/mol. The highest BCUT2D eigenvalue weighted by molar-refractivity contribution is 7.21. The molecule has 5 aromatic heterocycles. The third-order valence-electron chi connectivity index (χ3n) is 7.45. The lowest BCUT2D eigenvalue weighted by Crippen LogP contribution is -2.18. The standard InChI is InChI=1S/C32H19F5N6O2S2/c1-14-9-10-22(46-14)18-11-21(27(33)34)41-31-24(18)25(26(47-31)28(38)44)42-30(45)19-13-39-43-23(32(35,36)37)12-20(40-29(19)43)17-8-4-6-15-5-2-3-7-16(15)17/h2-13,27H,1H3,(H2,38,44)(H,42,45). The molecule has 0 fully saturated rings. The lowest BCUT2D eigenvalue weighted by molar-refractivity contribution is -0.142. The van der Waals surface area contributed by atoms with Crippen LogP contribution in [0.25, 0.3) is 48.3 Å². The maximum Gasteiger partial charge on any atom is 0.433 e. The van der Waals surface area contributed by atoms with Crippen molar-refractivity contribution >= 4 is 66.8 Å². The molecule has 0 radical (unpaired) electrons. The SMILES string of the molecule is Cc1ccc(-c2cc(C(F)F)nc3sc(C(N)=O)c(NC(=O)c4cnn5c(C(F)(F)F)cc(-c6cccc7ccccc67)nc45)c23)s1. The number of rotatable bonds is 6. The molecule has 0 bridgehead atoms. The number of nitrogens with two attached hydrogens (primary N) is 1. The van der Waals surface area contributed by atoms with Crippen LogP contribution in [0.3, 0.4) is 0 Å². The summed E-state index contributed by atoms with van der Waals surface area (Å²) in [5, 5.41) is 8.04. The summed E-state index contributed by atoms with van der Waals surface area (Å²) in [6.45, 7) is 1.83. The number of alkyl halides is 5. The summed E-state index contributed by atoms with van der Waals surface area (Å²) in [7, 11) is 0. The van der Waals surface area contributed by atoms with Gasteiger partial charge in [0.2, 0.25) is 0 Å². The third-order valence-corrected chi connectivity index (χ3v) is 9.58. The summed E-state index contributed by atoms with van der Waals surface area (Å²) >= 11 is 2.01. The van der Waals surface area contributed by atoms with Crippen molar-refractivity contribution < 1.29 is 31.5 Å². The molecule has 0 atom stereocenters. The highest BCUT2D eigenvalue weighted by Gasteiger charge is 2.36. The lowest BCUT2D eigenvalue weighted by atomic mass is 10.0. The first-order valence-corrected chi connectivity index (χ1v) is 15.4. The smallest absolute Gasteiger partial charge is 0.365 e. The van der Waals surface area contributed by atoms with Crippen LogP contribution in [0.2, 0.25) is 0 Å². The van der Waals surface area contributed by atoms with Gasteiger partial charge in [-0.3, -0.25) is 9.59 Å². The van der Waals surface area contributed by atoms with E-state index in [1.165, 1.54) is 17.4 Å². The number of primary amides is 1. The Morgan fingerprint density at radius 1 is 0.957 bits per heavy atom. The number of hydrogen-bond acceptors (Lipinski definition) is 7. The second kappa shape index (κ2) is 11.2. The largest absolute Gasteiger partial charge is 0.433 e. The zero-order valence-corrected chi connectivity index (χ0v) is 25.5. The Morgan fingerprint density at radius 2 is 1.72 bits per heavy atom. The van der Waals surface area contributed by atoms with Gasteiger partial charge >= 0.3 is 6.18 Å². The Morgan fingerprint density at radius 3 is 2.43 bits per heavy atom. The van der Waals surface area contributed by atoms with Crippen LogP contribution in [-0.2, 0) is 6.18 Å². The van der Waals surface area contributed by atoms with Crippen LogP contribution in [0.4, 0.5) is 27.6 Å². The molecule has 8 nitrogen and oxygen atoms in total. The van der Waals surface area contributed by atoms with Gasteiger partial charge in [0.25, 0.3) is 18.2 Å². The van der Waals surface area contributed by atoms with Crippen molar-refractivity contribution in [2.24, 2.45) is 5.73 Å². The summed E-state index contributed by atoms with van der Waals surface area (Å²) in [5.41, 5.74) is 3.73. The molecule has 15 heteroatoms. The zero-order chi connectivity index (χ0) is 33.2. The first kappa shape index (κ1) is 30.4. The number of nitrogens with one attached hydrogen (secondary N) is 1. The van der Waals surface area contributed by atoms with Crippen molar-refractivity contribution in [2.75, 3.05) is 5.32 Å². The topological polar surface area (TPSA) is 115 Å². The molecule has 0 aliphatic heterocycles. The zero-order valence-electron chi connectivity index (χ0n) is 23.9. The van der Waals surface area contributed by atoms with Gasteiger partial charge in [0.15, 0.2) is 11.3 Å². The molecule has 5 heterocycles. The number of anilines is 1. The van der Waals surface area contributed by atoms with Gasteiger partial charge in [-0.25, -0.2) is 23.3 Å². The van der Waals surface area contributed by atoms with Crippen LogP contribution < -0.4 is 11.1 Å². The summed E-state index contributed by atoms with van der Waals surface area (Å²) in [6.07, 6.45) is -6.86. The Bertz CT molecular complexity index is 2390. The van der Waals surface area contributed by atoms with Crippen molar-refractivity contribution in [2.45, 2.75) is 19.5 Å². The van der Waals surface area contributed by atoms with E-state index >= 15 is 0 Å². The normalized spacial score (nSPS) is 12.1. The number of carbonyl (C=O) groups is 2. The third kappa shape index (κ3) is 5.26. The number of thiophene rings is 2. The van der Waals surface area contributed by atoms with E-state index in [9.17, 15) is 31.5 Å². The number of fused-ring (bicyclic) bond motifs is 3. The van der Waals surface area contributed by atoms with Gasteiger partial charge in [0.1, 0.15) is 21.0 Å². The number of hydrogen-bond donors (Lipinski definition) is 2. The van der Waals surface area contributed by atoms with Gasteiger partial charge in [-0.2, -0.15) is 18.3 Å². The van der Waals surface area contributed by atoms with E-state index < -0.39 is 41.5 Å². The molecule has 3 N–H and O–H groups in total. The number of halogens is 5. The summed E-state index contributed by atoms with van der Waals surface area (Å²) in [5.74, 6) is -1.92. The van der Waals surface area contributed by atoms with E-state index in [0.717, 1.165) is 22.5 Å². The molecule has 2 amide bonds. The fraction of sp³-hybridized carbons (Fsp3) is 0.0938. The molecule has 236 valence electrons. The highest BCUT2D eigenvalue weighted by atomic mass is 32.1. The van der Waals surface area contributed by atoms with Crippen LogP contribution in [0, 0.1) is 6.92 Å². The molecule has 0 unspecified atom stereocenters. The van der Waals surface area contributed by atoms with Gasteiger partial charge < -0.3 is 11.1 Å². The molecule has 7 rings (SSSR count). The van der Waals surface area contributed by atoms with Crippen molar-refractivity contribution in [3.63, 3.8) is 0 Å². The number of pyridine rings is 1. The summed E-state index contributed by atoms with van der Waals surface area (Å²) < 4.78 is 71.3. The van der Waals surface area contributed by atoms with Crippen LogP contribution >= 0.6 is 22.7 Å². The van der Waals surface area contributed by atoms with Crippen molar-refractivity contribution in [1.82, 2.24) is 19.6 Å². The van der Waals surface area contributed by atoms with Crippen molar-refractivity contribution in [3.05, 3.63) is 99.6 Å². The monoisotopic (exact) mass is 678 g/mol. The van der Waals surface area contributed by atoms with Gasteiger partial charge in [0, 0.05) is 26.3 Å². The number of benzene rings is 2. The fourth-order valence-electron chi connectivity index (χ4n) is 5.39. The average Bonchev–Trinajstić information content (AvgIpc) is 3.76. The maximum atomic E-state index is 14.4. The Balaban J connectivity index is 1.42. The Labute approximate surface area is 269 Å². The van der Waals surface area contributed by atoms with E-state index in [1.54, 1.807) is 42.5 Å². The predicted octanol–water partition coefficient (Wildman–Crippen LogP) is 8.50. The Kier molecular flexibility index (Phi) is 7.24. The van der Waals surface area contributed by atoms with Crippen LogP contribution in [0.5, 0.6) is 0 Å². The van der Waals surface area contributed by atoms with Gasteiger partial charge in [-0.15, -0.1) is 22.7 Å². The number of carbonyl (C=O) groups excluding carboxylic acids is 2. The highest BCUT2D eigenvalue weighted by Crippen LogP contribution is 2.44. The first-order chi connectivity index (χ1) is 22.4. The molecule has 7 aromatic rings. The number of aromatic nitrogens is 4. The minimum Gasteiger partial charge on any atom is -0.365 e. The van der Waals surface area contributed by atoms with Gasteiger partial charge in [-0.1, -0.05) is 42.5 Å². The molecule has 0 spiro atoms. The second-order valence-electron chi connectivity index (χ2n) is 10.5.